The van der Waals surface area contributed by atoms with E-state index in [1.165, 1.54) is 18.2 Å². The van der Waals surface area contributed by atoms with Gasteiger partial charge in [-0.05, 0) is 67.4 Å². The lowest BCUT2D eigenvalue weighted by Crippen LogP contribution is -2.17. The van der Waals surface area contributed by atoms with Gasteiger partial charge in [-0.3, -0.25) is 9.52 Å². The topological polar surface area (TPSA) is 75.3 Å². The lowest BCUT2D eigenvalue weighted by atomic mass is 10.1. The molecule has 0 aliphatic heterocycles. The van der Waals surface area contributed by atoms with Crippen LogP contribution in [0.4, 0.5) is 11.4 Å². The van der Waals surface area contributed by atoms with Crippen molar-refractivity contribution in [3.05, 3.63) is 87.4 Å². The Labute approximate surface area is 179 Å². The summed E-state index contributed by atoms with van der Waals surface area (Å²) in [6.45, 7) is 3.63. The molecule has 0 atom stereocenters. The second-order valence-corrected chi connectivity index (χ2v) is 8.98. The summed E-state index contributed by atoms with van der Waals surface area (Å²) >= 11 is 12.2. The Balaban J connectivity index is 1.91. The first kappa shape index (κ1) is 21.2. The molecule has 0 bridgehead atoms. The first-order valence-electron chi connectivity index (χ1n) is 8.63. The highest BCUT2D eigenvalue weighted by Crippen LogP contribution is 2.26. The van der Waals surface area contributed by atoms with Crippen molar-refractivity contribution in [1.29, 1.82) is 0 Å². The standard InChI is InChI=1S/C21H18Cl2N2O3S/c1-13-5-3-6-15(11-13)25-29(27,28)16-9-10-19(23)17(12-16)21(26)24-20-8-4-7-18(22)14(20)2/h3-12,25H,1-2H3,(H,24,26). The molecule has 0 aromatic heterocycles. The molecule has 3 aromatic carbocycles. The first-order valence-corrected chi connectivity index (χ1v) is 10.9. The molecule has 5 nitrogen and oxygen atoms in total. The molecule has 0 fully saturated rings. The summed E-state index contributed by atoms with van der Waals surface area (Å²) in [5, 5.41) is 3.36. The van der Waals surface area contributed by atoms with Crippen LogP contribution in [0.3, 0.4) is 0 Å². The second-order valence-electron chi connectivity index (χ2n) is 6.48. The first-order chi connectivity index (χ1) is 13.7. The number of nitrogens with one attached hydrogen (secondary N) is 2. The van der Waals surface area contributed by atoms with Gasteiger partial charge in [-0.2, -0.15) is 0 Å². The van der Waals surface area contributed by atoms with Gasteiger partial charge >= 0.3 is 0 Å². The molecule has 0 spiro atoms. The highest BCUT2D eigenvalue weighted by Gasteiger charge is 2.20. The summed E-state index contributed by atoms with van der Waals surface area (Å²) < 4.78 is 28.0. The Morgan fingerprint density at radius 3 is 2.34 bits per heavy atom. The molecule has 0 aliphatic carbocycles. The van der Waals surface area contributed by atoms with Gasteiger partial charge in [0, 0.05) is 16.4 Å². The van der Waals surface area contributed by atoms with E-state index in [4.69, 9.17) is 23.2 Å². The van der Waals surface area contributed by atoms with E-state index in [0.29, 0.717) is 22.0 Å². The molecule has 150 valence electrons. The molecule has 2 N–H and O–H groups in total. The molecule has 0 saturated carbocycles. The number of carbonyl (C=O) groups is 1. The Kier molecular flexibility index (Phi) is 6.17. The van der Waals surface area contributed by atoms with Crippen LogP contribution in [0.2, 0.25) is 10.0 Å². The number of aryl methyl sites for hydroxylation is 1. The fraction of sp³-hybridized carbons (Fsp3) is 0.0952. The number of rotatable bonds is 5. The molecular formula is C21H18Cl2N2O3S. The van der Waals surface area contributed by atoms with Crippen LogP contribution in [0.5, 0.6) is 0 Å². The van der Waals surface area contributed by atoms with Crippen molar-refractivity contribution in [1.82, 2.24) is 0 Å². The van der Waals surface area contributed by atoms with E-state index in [1.54, 1.807) is 43.3 Å². The van der Waals surface area contributed by atoms with Gasteiger partial charge in [0.2, 0.25) is 0 Å². The lowest BCUT2D eigenvalue weighted by Gasteiger charge is -2.13. The summed E-state index contributed by atoms with van der Waals surface area (Å²) in [4.78, 5) is 12.7. The van der Waals surface area contributed by atoms with Gasteiger partial charge in [-0.25, -0.2) is 8.42 Å². The van der Waals surface area contributed by atoms with Crippen molar-refractivity contribution in [3.8, 4) is 0 Å². The van der Waals surface area contributed by atoms with Gasteiger partial charge in [0.05, 0.1) is 15.5 Å². The van der Waals surface area contributed by atoms with Crippen molar-refractivity contribution in [2.75, 3.05) is 10.0 Å². The number of benzene rings is 3. The van der Waals surface area contributed by atoms with Crippen LogP contribution < -0.4 is 10.0 Å². The summed E-state index contributed by atoms with van der Waals surface area (Å²) in [6, 6.07) is 16.1. The Morgan fingerprint density at radius 1 is 0.897 bits per heavy atom. The van der Waals surface area contributed by atoms with Crippen LogP contribution in [-0.4, -0.2) is 14.3 Å². The van der Waals surface area contributed by atoms with Crippen molar-refractivity contribution >= 4 is 50.5 Å². The maximum Gasteiger partial charge on any atom is 0.261 e. The minimum Gasteiger partial charge on any atom is -0.322 e. The molecule has 1 amide bonds. The Morgan fingerprint density at radius 2 is 1.62 bits per heavy atom. The summed E-state index contributed by atoms with van der Waals surface area (Å²) in [6.07, 6.45) is 0. The van der Waals surface area contributed by atoms with Crippen molar-refractivity contribution in [2.24, 2.45) is 0 Å². The van der Waals surface area contributed by atoms with E-state index in [-0.39, 0.29) is 15.5 Å². The Bertz CT molecular complexity index is 1190. The number of hydrogen-bond donors (Lipinski definition) is 2. The Hall–Kier alpha value is -2.54. The largest absolute Gasteiger partial charge is 0.322 e. The number of anilines is 2. The van der Waals surface area contributed by atoms with Gasteiger partial charge in [-0.15, -0.1) is 0 Å². The van der Waals surface area contributed by atoms with Crippen molar-refractivity contribution < 1.29 is 13.2 Å². The SMILES string of the molecule is Cc1cccc(NS(=O)(=O)c2ccc(Cl)c(C(=O)Nc3cccc(Cl)c3C)c2)c1. The van der Waals surface area contributed by atoms with Crippen LogP contribution in [0, 0.1) is 13.8 Å². The van der Waals surface area contributed by atoms with Gasteiger partial charge < -0.3 is 5.32 Å². The van der Waals surface area contributed by atoms with Gasteiger partial charge in [0.25, 0.3) is 15.9 Å². The number of carbonyl (C=O) groups excluding carboxylic acids is 1. The smallest absolute Gasteiger partial charge is 0.261 e. The van der Waals surface area contributed by atoms with E-state index < -0.39 is 15.9 Å². The molecule has 0 radical (unpaired) electrons. The highest BCUT2D eigenvalue weighted by molar-refractivity contribution is 7.92. The number of halogens is 2. The zero-order chi connectivity index (χ0) is 21.2. The minimum absolute atomic E-state index is 0.0400. The van der Waals surface area contributed by atoms with Crippen LogP contribution in [0.25, 0.3) is 0 Å². The molecule has 3 rings (SSSR count). The monoisotopic (exact) mass is 448 g/mol. The average molecular weight is 449 g/mol. The molecule has 0 aliphatic rings. The highest BCUT2D eigenvalue weighted by atomic mass is 35.5. The second kappa shape index (κ2) is 8.45. The minimum atomic E-state index is -3.90. The zero-order valence-electron chi connectivity index (χ0n) is 15.7. The fourth-order valence-corrected chi connectivity index (χ4v) is 4.15. The van der Waals surface area contributed by atoms with E-state index in [1.807, 2.05) is 13.0 Å². The number of sulfonamides is 1. The third-order valence-corrected chi connectivity index (χ3v) is 6.40. The molecular weight excluding hydrogens is 431 g/mol. The molecule has 29 heavy (non-hydrogen) atoms. The molecule has 8 heteroatoms. The molecule has 3 aromatic rings. The molecule has 0 unspecified atom stereocenters. The number of amides is 1. The van der Waals surface area contributed by atoms with Crippen LogP contribution in [0.15, 0.2) is 65.6 Å². The van der Waals surface area contributed by atoms with E-state index in [9.17, 15) is 13.2 Å². The summed E-state index contributed by atoms with van der Waals surface area (Å²) in [7, 11) is -3.90. The maximum atomic E-state index is 12.8. The predicted molar refractivity (Wildman–Crippen MR) is 118 cm³/mol. The fourth-order valence-electron chi connectivity index (χ4n) is 2.70. The van der Waals surface area contributed by atoms with Gasteiger partial charge in [0.1, 0.15) is 0 Å². The summed E-state index contributed by atoms with van der Waals surface area (Å²) in [5.74, 6) is -0.534. The van der Waals surface area contributed by atoms with E-state index in [2.05, 4.69) is 10.0 Å². The van der Waals surface area contributed by atoms with Crippen molar-refractivity contribution in [2.45, 2.75) is 18.7 Å². The van der Waals surface area contributed by atoms with Crippen LogP contribution in [0.1, 0.15) is 21.5 Å². The molecule has 0 heterocycles. The summed E-state index contributed by atoms with van der Waals surface area (Å²) in [5.41, 5.74) is 2.60. The van der Waals surface area contributed by atoms with Crippen molar-refractivity contribution in [3.63, 3.8) is 0 Å². The average Bonchev–Trinajstić information content (AvgIpc) is 2.65. The lowest BCUT2D eigenvalue weighted by molar-refractivity contribution is 0.102. The van der Waals surface area contributed by atoms with Gasteiger partial charge in [-0.1, -0.05) is 41.4 Å². The maximum absolute atomic E-state index is 12.8. The zero-order valence-corrected chi connectivity index (χ0v) is 18.0. The van der Waals surface area contributed by atoms with Crippen LogP contribution >= 0.6 is 23.2 Å². The normalized spacial score (nSPS) is 11.2. The predicted octanol–water partition coefficient (Wildman–Crippen LogP) is 5.66. The quantitative estimate of drug-likeness (QED) is 0.528. The van der Waals surface area contributed by atoms with E-state index in [0.717, 1.165) is 5.56 Å². The molecule has 0 saturated heterocycles. The van der Waals surface area contributed by atoms with Gasteiger partial charge in [0.15, 0.2) is 0 Å². The van der Waals surface area contributed by atoms with E-state index >= 15 is 0 Å². The third-order valence-electron chi connectivity index (χ3n) is 4.28. The third kappa shape index (κ3) is 4.90. The number of hydrogen-bond acceptors (Lipinski definition) is 3. The van der Waals surface area contributed by atoms with Crippen LogP contribution in [-0.2, 0) is 10.0 Å².